The molecule has 15 heavy (non-hydrogen) atoms. The molecule has 1 fully saturated rings. The Bertz CT molecular complexity index is 170. The smallest absolute Gasteiger partial charge is 0.377 e. The maximum absolute atomic E-state index is 6.04. The summed E-state index contributed by atoms with van der Waals surface area (Å²) in [5, 5.41) is 0. The van der Waals surface area contributed by atoms with E-state index in [4.69, 9.17) is 19.0 Å². The fourth-order valence-electron chi connectivity index (χ4n) is 2.02. The minimum absolute atomic E-state index is 0.342. The molecule has 1 aliphatic carbocycles. The summed E-state index contributed by atoms with van der Waals surface area (Å²) < 4.78 is 17.0. The van der Waals surface area contributed by atoms with Gasteiger partial charge in [-0.15, -0.1) is 0 Å². The molecule has 0 unspecified atom stereocenters. The van der Waals surface area contributed by atoms with E-state index in [9.17, 15) is 0 Å². The molecule has 4 nitrogen and oxygen atoms in total. The molecule has 0 bridgehead atoms. The lowest BCUT2D eigenvalue weighted by Crippen LogP contribution is -2.46. The molecule has 0 radical (unpaired) electrons. The van der Waals surface area contributed by atoms with Crippen molar-refractivity contribution in [1.82, 2.24) is 0 Å². The molecule has 1 aliphatic rings. The minimum atomic E-state index is -2.41. The number of hydrogen-bond acceptors (Lipinski definition) is 4. The van der Waals surface area contributed by atoms with E-state index in [2.05, 4.69) is 0 Å². The summed E-state index contributed by atoms with van der Waals surface area (Å²) in [6.45, 7) is 0.662. The largest absolute Gasteiger partial charge is 0.500 e. The highest BCUT2D eigenvalue weighted by molar-refractivity contribution is 6.60. The normalized spacial score (nSPS) is 18.6. The van der Waals surface area contributed by atoms with Crippen molar-refractivity contribution in [2.75, 3.05) is 20.8 Å². The van der Waals surface area contributed by atoms with Gasteiger partial charge in [-0.05, 0) is 25.8 Å². The van der Waals surface area contributed by atoms with Crippen LogP contribution in [0.1, 0.15) is 32.1 Å². The molecule has 90 valence electrons. The van der Waals surface area contributed by atoms with Crippen molar-refractivity contribution in [2.45, 2.75) is 44.3 Å². The summed E-state index contributed by atoms with van der Waals surface area (Å²) in [7, 11) is 0.954. The third-order valence-electron chi connectivity index (χ3n) is 2.96. The van der Waals surface area contributed by atoms with Gasteiger partial charge in [-0.1, -0.05) is 12.8 Å². The van der Waals surface area contributed by atoms with Crippen molar-refractivity contribution in [1.29, 1.82) is 0 Å². The Hall–Kier alpha value is 0.0569. The molecule has 5 heteroatoms. The zero-order valence-corrected chi connectivity index (χ0v) is 10.8. The van der Waals surface area contributed by atoms with Gasteiger partial charge in [0.1, 0.15) is 0 Å². The second-order valence-corrected chi connectivity index (χ2v) is 6.93. The van der Waals surface area contributed by atoms with E-state index in [1.165, 1.54) is 12.8 Å². The lowest BCUT2D eigenvalue weighted by Gasteiger charge is -2.29. The lowest BCUT2D eigenvalue weighted by molar-refractivity contribution is 0.0576. The molecule has 0 aromatic carbocycles. The van der Waals surface area contributed by atoms with Crippen molar-refractivity contribution in [2.24, 2.45) is 5.73 Å². The standard InChI is InChI=1S/C10H23NO3Si/c1-12-15(13-2,9-5-8-11)14-10-6-3-4-7-10/h10H,3-9,11H2,1-2H3. The van der Waals surface area contributed by atoms with E-state index in [1.54, 1.807) is 14.2 Å². The second-order valence-electron chi connectivity index (χ2n) is 4.01. The van der Waals surface area contributed by atoms with Gasteiger partial charge in [-0.2, -0.15) is 0 Å². The predicted octanol–water partition coefficient (Wildman–Crippen LogP) is 1.53. The summed E-state index contributed by atoms with van der Waals surface area (Å²) in [6.07, 6.45) is 6.06. The van der Waals surface area contributed by atoms with E-state index in [0.29, 0.717) is 12.6 Å². The van der Waals surface area contributed by atoms with Crippen molar-refractivity contribution in [3.05, 3.63) is 0 Å². The highest BCUT2D eigenvalue weighted by Gasteiger charge is 2.41. The summed E-state index contributed by atoms with van der Waals surface area (Å²) in [4.78, 5) is 0. The van der Waals surface area contributed by atoms with Gasteiger partial charge < -0.3 is 19.0 Å². The number of hydrogen-bond donors (Lipinski definition) is 1. The van der Waals surface area contributed by atoms with Gasteiger partial charge in [0.25, 0.3) is 0 Å². The fraction of sp³-hybridized carbons (Fsp3) is 1.00. The average Bonchev–Trinajstić information content (AvgIpc) is 2.77. The van der Waals surface area contributed by atoms with E-state index >= 15 is 0 Å². The van der Waals surface area contributed by atoms with Gasteiger partial charge >= 0.3 is 8.80 Å². The quantitative estimate of drug-likeness (QED) is 0.678. The molecule has 0 aliphatic heterocycles. The van der Waals surface area contributed by atoms with Gasteiger partial charge in [0.15, 0.2) is 0 Å². The molecular weight excluding hydrogens is 210 g/mol. The summed E-state index contributed by atoms with van der Waals surface area (Å²) >= 11 is 0. The number of rotatable bonds is 7. The van der Waals surface area contributed by atoms with E-state index in [1.807, 2.05) is 0 Å². The molecule has 0 aromatic rings. The Balaban J connectivity index is 2.45. The number of nitrogens with two attached hydrogens (primary N) is 1. The highest BCUT2D eigenvalue weighted by Crippen LogP contribution is 2.27. The topological polar surface area (TPSA) is 53.7 Å². The van der Waals surface area contributed by atoms with Crippen LogP contribution in [0.25, 0.3) is 0 Å². The van der Waals surface area contributed by atoms with Crippen LogP contribution >= 0.6 is 0 Å². The highest BCUT2D eigenvalue weighted by atomic mass is 28.4. The van der Waals surface area contributed by atoms with Crippen LogP contribution in [0.2, 0.25) is 6.04 Å². The van der Waals surface area contributed by atoms with E-state index < -0.39 is 8.80 Å². The van der Waals surface area contributed by atoms with Crippen molar-refractivity contribution in [3.63, 3.8) is 0 Å². The minimum Gasteiger partial charge on any atom is -0.377 e. The summed E-state index contributed by atoms with van der Waals surface area (Å²) in [6, 6.07) is 0.826. The van der Waals surface area contributed by atoms with Crippen LogP contribution in [0, 0.1) is 0 Å². The fourth-order valence-corrected chi connectivity index (χ4v) is 4.29. The summed E-state index contributed by atoms with van der Waals surface area (Å²) in [5.74, 6) is 0. The Morgan fingerprint density at radius 1 is 1.20 bits per heavy atom. The van der Waals surface area contributed by atoms with Crippen LogP contribution in [-0.2, 0) is 13.3 Å². The van der Waals surface area contributed by atoms with Crippen molar-refractivity contribution < 1.29 is 13.3 Å². The third kappa shape index (κ3) is 3.84. The SMILES string of the molecule is CO[Si](CCCN)(OC)OC1CCCC1. The first-order valence-corrected chi connectivity index (χ1v) is 7.67. The first-order valence-electron chi connectivity index (χ1n) is 5.74. The maximum atomic E-state index is 6.04. The van der Waals surface area contributed by atoms with E-state index in [-0.39, 0.29) is 0 Å². The lowest BCUT2D eigenvalue weighted by atomic mass is 10.3. The molecule has 1 rings (SSSR count). The second kappa shape index (κ2) is 6.60. The molecule has 0 spiro atoms. The van der Waals surface area contributed by atoms with Gasteiger partial charge in [-0.3, -0.25) is 0 Å². The van der Waals surface area contributed by atoms with Gasteiger partial charge in [0.2, 0.25) is 0 Å². The molecule has 0 heterocycles. The molecule has 0 saturated heterocycles. The first kappa shape index (κ1) is 13.1. The molecule has 0 aromatic heterocycles. The maximum Gasteiger partial charge on any atom is 0.500 e. The van der Waals surface area contributed by atoms with Crippen LogP contribution in [0.3, 0.4) is 0 Å². The van der Waals surface area contributed by atoms with Crippen LogP contribution < -0.4 is 5.73 Å². The van der Waals surface area contributed by atoms with Crippen LogP contribution in [0.4, 0.5) is 0 Å². The zero-order valence-electron chi connectivity index (χ0n) is 9.83. The molecule has 0 atom stereocenters. The zero-order chi connectivity index (χ0) is 11.1. The van der Waals surface area contributed by atoms with E-state index in [0.717, 1.165) is 25.3 Å². The molecule has 0 amide bonds. The van der Waals surface area contributed by atoms with Crippen molar-refractivity contribution >= 4 is 8.80 Å². The van der Waals surface area contributed by atoms with Gasteiger partial charge in [0, 0.05) is 26.4 Å². The Kier molecular flexibility index (Phi) is 5.77. The monoisotopic (exact) mass is 233 g/mol. The van der Waals surface area contributed by atoms with Crippen molar-refractivity contribution in [3.8, 4) is 0 Å². The first-order chi connectivity index (χ1) is 7.26. The third-order valence-corrected chi connectivity index (χ3v) is 5.86. The van der Waals surface area contributed by atoms with Crippen LogP contribution in [-0.4, -0.2) is 35.7 Å². The summed E-state index contributed by atoms with van der Waals surface area (Å²) in [5.41, 5.74) is 5.51. The Labute approximate surface area is 93.4 Å². The van der Waals surface area contributed by atoms with Crippen LogP contribution in [0.15, 0.2) is 0 Å². The Morgan fingerprint density at radius 2 is 1.80 bits per heavy atom. The Morgan fingerprint density at radius 3 is 2.27 bits per heavy atom. The van der Waals surface area contributed by atoms with Crippen LogP contribution in [0.5, 0.6) is 0 Å². The van der Waals surface area contributed by atoms with Gasteiger partial charge in [-0.25, -0.2) is 0 Å². The predicted molar refractivity (Wildman–Crippen MR) is 61.6 cm³/mol. The van der Waals surface area contributed by atoms with Gasteiger partial charge in [0.05, 0.1) is 0 Å². The molecule has 1 saturated carbocycles. The molecular formula is C10H23NO3Si. The molecule has 2 N–H and O–H groups in total. The average molecular weight is 233 g/mol.